The zero-order valence-electron chi connectivity index (χ0n) is 10.5. The van der Waals surface area contributed by atoms with Gasteiger partial charge >= 0.3 is 0 Å². The zero-order chi connectivity index (χ0) is 13.8. The van der Waals surface area contributed by atoms with Gasteiger partial charge in [-0.1, -0.05) is 30.3 Å². The fourth-order valence-electron chi connectivity index (χ4n) is 1.83. The van der Waals surface area contributed by atoms with Crippen LogP contribution in [0, 0.1) is 11.3 Å². The molecule has 0 spiro atoms. The highest BCUT2D eigenvalue weighted by molar-refractivity contribution is 6.10. The molecule has 3 aromatic rings. The Balaban J connectivity index is 1.91. The van der Waals surface area contributed by atoms with Gasteiger partial charge in [-0.3, -0.25) is 5.43 Å². The second-order valence-electron chi connectivity index (χ2n) is 4.15. The van der Waals surface area contributed by atoms with Crippen LogP contribution in [0.3, 0.4) is 0 Å². The lowest BCUT2D eigenvalue weighted by atomic mass is 10.3. The Bertz CT molecular complexity index is 763. The molecule has 5 heteroatoms. The third-order valence-electron chi connectivity index (χ3n) is 2.79. The van der Waals surface area contributed by atoms with E-state index in [1.54, 1.807) is 0 Å². The number of benzene rings is 2. The highest BCUT2D eigenvalue weighted by Gasteiger charge is 2.08. The van der Waals surface area contributed by atoms with Gasteiger partial charge in [0.25, 0.3) is 0 Å². The number of imidazole rings is 1. The maximum absolute atomic E-state index is 9.20. The fourth-order valence-corrected chi connectivity index (χ4v) is 1.83. The van der Waals surface area contributed by atoms with Gasteiger partial charge in [0.2, 0.25) is 5.71 Å². The number of rotatable bonds is 3. The Morgan fingerprint density at radius 1 is 1.10 bits per heavy atom. The van der Waals surface area contributed by atoms with Crippen LogP contribution in [-0.4, -0.2) is 15.7 Å². The van der Waals surface area contributed by atoms with Crippen LogP contribution in [0.25, 0.3) is 11.0 Å². The molecule has 0 unspecified atom stereocenters. The predicted octanol–water partition coefficient (Wildman–Crippen LogP) is 2.90. The molecular formula is C15H11N5. The first kappa shape index (κ1) is 11.9. The van der Waals surface area contributed by atoms with Crippen molar-refractivity contribution in [3.63, 3.8) is 0 Å². The molecule has 1 aromatic heterocycles. The summed E-state index contributed by atoms with van der Waals surface area (Å²) in [5, 5.41) is 13.3. The largest absolute Gasteiger partial charge is 0.336 e. The second kappa shape index (κ2) is 5.24. The minimum atomic E-state index is 0.213. The number of hydrogen-bond donors (Lipinski definition) is 2. The van der Waals surface area contributed by atoms with Crippen molar-refractivity contribution in [2.45, 2.75) is 0 Å². The van der Waals surface area contributed by atoms with Crippen LogP contribution in [0.1, 0.15) is 5.82 Å². The molecule has 0 atom stereocenters. The van der Waals surface area contributed by atoms with Crippen LogP contribution in [0.15, 0.2) is 59.7 Å². The van der Waals surface area contributed by atoms with Gasteiger partial charge in [0, 0.05) is 0 Å². The Morgan fingerprint density at radius 2 is 1.85 bits per heavy atom. The van der Waals surface area contributed by atoms with Gasteiger partial charge in [-0.15, -0.1) is 0 Å². The molecule has 20 heavy (non-hydrogen) atoms. The van der Waals surface area contributed by atoms with Crippen LogP contribution in [0.5, 0.6) is 0 Å². The first-order valence-corrected chi connectivity index (χ1v) is 6.11. The van der Waals surface area contributed by atoms with E-state index in [-0.39, 0.29) is 5.71 Å². The van der Waals surface area contributed by atoms with E-state index in [1.807, 2.05) is 60.7 Å². The fraction of sp³-hybridized carbons (Fsp3) is 0. The summed E-state index contributed by atoms with van der Waals surface area (Å²) in [6.45, 7) is 0. The summed E-state index contributed by atoms with van der Waals surface area (Å²) in [6.07, 6.45) is 0. The summed E-state index contributed by atoms with van der Waals surface area (Å²) in [6, 6.07) is 19.1. The number of hydrazone groups is 1. The third kappa shape index (κ3) is 2.35. The number of nitriles is 1. The minimum Gasteiger partial charge on any atom is -0.336 e. The molecule has 0 fully saturated rings. The van der Waals surface area contributed by atoms with Gasteiger partial charge in [-0.2, -0.15) is 10.4 Å². The molecule has 0 bridgehead atoms. The Hall–Kier alpha value is -3.13. The number of hydrogen-bond acceptors (Lipinski definition) is 4. The van der Waals surface area contributed by atoms with Crippen LogP contribution in [0.2, 0.25) is 0 Å². The molecule has 96 valence electrons. The second-order valence-corrected chi connectivity index (χ2v) is 4.15. The highest BCUT2D eigenvalue weighted by atomic mass is 15.3. The quantitative estimate of drug-likeness (QED) is 0.562. The zero-order valence-corrected chi connectivity index (χ0v) is 10.5. The number of aromatic amines is 1. The topological polar surface area (TPSA) is 76.9 Å². The summed E-state index contributed by atoms with van der Waals surface area (Å²) in [7, 11) is 0. The lowest BCUT2D eigenvalue weighted by Crippen LogP contribution is -2.03. The van der Waals surface area contributed by atoms with Crippen LogP contribution >= 0.6 is 0 Å². The van der Waals surface area contributed by atoms with Gasteiger partial charge in [0.05, 0.1) is 16.7 Å². The van der Waals surface area contributed by atoms with E-state index < -0.39 is 0 Å². The number of H-pyrrole nitrogens is 1. The van der Waals surface area contributed by atoms with Crippen molar-refractivity contribution in [3.8, 4) is 6.07 Å². The normalized spacial score (nSPS) is 11.2. The number of para-hydroxylation sites is 3. The average molecular weight is 261 g/mol. The summed E-state index contributed by atoms with van der Waals surface area (Å²) in [5.41, 5.74) is 5.56. The first-order chi connectivity index (χ1) is 9.86. The van der Waals surface area contributed by atoms with Crippen molar-refractivity contribution in [1.29, 1.82) is 5.26 Å². The van der Waals surface area contributed by atoms with E-state index in [9.17, 15) is 5.26 Å². The third-order valence-corrected chi connectivity index (χ3v) is 2.79. The van der Waals surface area contributed by atoms with Gasteiger partial charge < -0.3 is 4.98 Å². The molecule has 0 aliphatic heterocycles. The van der Waals surface area contributed by atoms with Crippen LogP contribution in [0.4, 0.5) is 5.69 Å². The minimum absolute atomic E-state index is 0.213. The number of anilines is 1. The van der Waals surface area contributed by atoms with Gasteiger partial charge in [-0.05, 0) is 24.3 Å². The number of fused-ring (bicyclic) bond motifs is 1. The molecule has 0 radical (unpaired) electrons. The summed E-state index contributed by atoms with van der Waals surface area (Å²) in [4.78, 5) is 7.43. The monoisotopic (exact) mass is 261 g/mol. The van der Waals surface area contributed by atoms with E-state index in [0.717, 1.165) is 16.7 Å². The molecule has 0 amide bonds. The molecule has 2 N–H and O–H groups in total. The van der Waals surface area contributed by atoms with Crippen molar-refractivity contribution >= 4 is 22.4 Å². The number of nitrogens with one attached hydrogen (secondary N) is 2. The Labute approximate surface area is 115 Å². The molecule has 0 saturated heterocycles. The van der Waals surface area contributed by atoms with E-state index in [2.05, 4.69) is 20.5 Å². The van der Waals surface area contributed by atoms with E-state index in [1.165, 1.54) is 0 Å². The maximum Gasteiger partial charge on any atom is 0.203 e. The molecule has 1 heterocycles. The molecule has 0 aliphatic carbocycles. The predicted molar refractivity (Wildman–Crippen MR) is 78.3 cm³/mol. The van der Waals surface area contributed by atoms with E-state index >= 15 is 0 Å². The molecule has 3 rings (SSSR count). The standard InChI is InChI=1S/C15H11N5/c16-10-14(20-19-11-6-2-1-3-7-11)15-17-12-8-4-5-9-13(12)18-15/h1-9,19H,(H,17,18)/b20-14-. The molecule has 5 nitrogen and oxygen atoms in total. The first-order valence-electron chi connectivity index (χ1n) is 6.11. The van der Waals surface area contributed by atoms with Crippen molar-refractivity contribution < 1.29 is 0 Å². The summed E-state index contributed by atoms with van der Waals surface area (Å²) >= 11 is 0. The Kier molecular flexibility index (Phi) is 3.13. The van der Waals surface area contributed by atoms with Gasteiger partial charge in [-0.25, -0.2) is 4.98 Å². The maximum atomic E-state index is 9.20. The molecule has 0 saturated carbocycles. The smallest absolute Gasteiger partial charge is 0.203 e. The van der Waals surface area contributed by atoms with E-state index in [4.69, 9.17) is 0 Å². The van der Waals surface area contributed by atoms with Gasteiger partial charge in [0.15, 0.2) is 5.82 Å². The van der Waals surface area contributed by atoms with Crippen LogP contribution < -0.4 is 5.43 Å². The number of nitrogens with zero attached hydrogens (tertiary/aromatic N) is 3. The van der Waals surface area contributed by atoms with Crippen molar-refractivity contribution in [2.24, 2.45) is 5.10 Å². The molecular weight excluding hydrogens is 250 g/mol. The van der Waals surface area contributed by atoms with Crippen molar-refractivity contribution in [3.05, 3.63) is 60.4 Å². The highest BCUT2D eigenvalue weighted by Crippen LogP contribution is 2.11. The molecule has 2 aromatic carbocycles. The van der Waals surface area contributed by atoms with Gasteiger partial charge in [0.1, 0.15) is 6.07 Å². The lowest BCUT2D eigenvalue weighted by molar-refractivity contribution is 1.25. The van der Waals surface area contributed by atoms with Crippen LogP contribution in [-0.2, 0) is 0 Å². The van der Waals surface area contributed by atoms with Crippen molar-refractivity contribution in [1.82, 2.24) is 9.97 Å². The Morgan fingerprint density at radius 3 is 2.60 bits per heavy atom. The lowest BCUT2D eigenvalue weighted by Gasteiger charge is -1.99. The number of aromatic nitrogens is 2. The summed E-state index contributed by atoms with van der Waals surface area (Å²) in [5.74, 6) is 0.456. The summed E-state index contributed by atoms with van der Waals surface area (Å²) < 4.78 is 0. The molecule has 0 aliphatic rings. The van der Waals surface area contributed by atoms with Crippen molar-refractivity contribution in [2.75, 3.05) is 5.43 Å². The average Bonchev–Trinajstić information content (AvgIpc) is 2.92. The van der Waals surface area contributed by atoms with E-state index in [0.29, 0.717) is 5.82 Å². The SMILES string of the molecule is N#C/C(=N/Nc1ccccc1)c1nc2ccccc2[nH]1.